The Morgan fingerprint density at radius 1 is 1.29 bits per heavy atom. The quantitative estimate of drug-likeness (QED) is 0.364. The van der Waals surface area contributed by atoms with Crippen molar-refractivity contribution in [2.75, 3.05) is 23.8 Å². The molecule has 0 bridgehead atoms. The molecule has 0 aliphatic carbocycles. The van der Waals surface area contributed by atoms with Crippen molar-refractivity contribution in [2.24, 2.45) is 0 Å². The summed E-state index contributed by atoms with van der Waals surface area (Å²) in [4.78, 5) is 24.0. The number of benzene rings is 1. The predicted molar refractivity (Wildman–Crippen MR) is 83.3 cm³/mol. The Morgan fingerprint density at radius 3 is 2.76 bits per heavy atom. The highest BCUT2D eigenvalue weighted by Crippen LogP contribution is 2.35. The lowest BCUT2D eigenvalue weighted by Gasteiger charge is -2.29. The molecular weight excluding hydrogens is 292 g/mol. The molecule has 1 aromatic rings. The van der Waals surface area contributed by atoms with Gasteiger partial charge in [0.1, 0.15) is 5.75 Å². The molecule has 21 heavy (non-hydrogen) atoms. The topological polar surface area (TPSA) is 72.7 Å². The highest BCUT2D eigenvalue weighted by atomic mass is 32.1. The summed E-state index contributed by atoms with van der Waals surface area (Å²) in [6.07, 6.45) is 4.00. The Balaban J connectivity index is 2.09. The van der Waals surface area contributed by atoms with E-state index < -0.39 is 4.92 Å². The van der Waals surface area contributed by atoms with Crippen molar-refractivity contribution < 1.29 is 14.5 Å². The van der Waals surface area contributed by atoms with E-state index in [1.165, 1.54) is 12.1 Å². The number of nitrogens with zero attached hydrogens (tertiary/aromatic N) is 2. The van der Waals surface area contributed by atoms with Crippen LogP contribution in [0.1, 0.15) is 25.7 Å². The molecular formula is C14H18N2O4S. The minimum atomic E-state index is -0.468. The molecule has 0 unspecified atom stereocenters. The lowest BCUT2D eigenvalue weighted by Crippen LogP contribution is -2.39. The maximum Gasteiger partial charge on any atom is 0.271 e. The molecule has 0 saturated carbocycles. The van der Waals surface area contributed by atoms with E-state index in [0.29, 0.717) is 18.0 Å². The summed E-state index contributed by atoms with van der Waals surface area (Å²) in [5.41, 5.74) is 0.460. The van der Waals surface area contributed by atoms with Gasteiger partial charge < -0.3 is 9.64 Å². The van der Waals surface area contributed by atoms with Gasteiger partial charge in [0, 0.05) is 18.7 Å². The summed E-state index contributed by atoms with van der Waals surface area (Å²) in [6.45, 7) is 0.546. The van der Waals surface area contributed by atoms with Crippen molar-refractivity contribution in [3.05, 3.63) is 28.3 Å². The van der Waals surface area contributed by atoms with Gasteiger partial charge in [0.25, 0.3) is 11.6 Å². The van der Waals surface area contributed by atoms with E-state index >= 15 is 0 Å². The van der Waals surface area contributed by atoms with E-state index in [0.717, 1.165) is 31.4 Å². The predicted octanol–water partition coefficient (Wildman–Crippen LogP) is 2.81. The maximum atomic E-state index is 12.0. The third kappa shape index (κ3) is 3.87. The average molecular weight is 310 g/mol. The van der Waals surface area contributed by atoms with Crippen molar-refractivity contribution in [3.63, 3.8) is 0 Å². The fourth-order valence-corrected chi connectivity index (χ4v) is 2.51. The van der Waals surface area contributed by atoms with E-state index in [4.69, 9.17) is 4.74 Å². The van der Waals surface area contributed by atoms with Gasteiger partial charge in [0.05, 0.1) is 10.6 Å². The average Bonchev–Trinajstić information content (AvgIpc) is 2.48. The van der Waals surface area contributed by atoms with E-state index in [1.54, 1.807) is 11.0 Å². The summed E-state index contributed by atoms with van der Waals surface area (Å²) >= 11 is 4.16. The molecule has 0 atom stereocenters. The number of unbranched alkanes of at least 4 members (excludes halogenated alkanes) is 3. The van der Waals surface area contributed by atoms with Gasteiger partial charge in [-0.15, -0.1) is 0 Å². The highest BCUT2D eigenvalue weighted by Gasteiger charge is 2.27. The van der Waals surface area contributed by atoms with Crippen LogP contribution in [0.4, 0.5) is 11.4 Å². The first-order valence-electron chi connectivity index (χ1n) is 6.96. The van der Waals surface area contributed by atoms with Gasteiger partial charge in [0.15, 0.2) is 6.61 Å². The zero-order valence-corrected chi connectivity index (χ0v) is 12.6. The van der Waals surface area contributed by atoms with E-state index in [2.05, 4.69) is 12.6 Å². The number of carbonyl (C=O) groups excluding carboxylic acids is 1. The van der Waals surface area contributed by atoms with Crippen LogP contribution in [-0.4, -0.2) is 29.7 Å². The number of hydrogen-bond acceptors (Lipinski definition) is 5. The van der Waals surface area contributed by atoms with Crippen LogP contribution in [0, 0.1) is 10.1 Å². The van der Waals surface area contributed by atoms with E-state index in [9.17, 15) is 14.9 Å². The lowest BCUT2D eigenvalue weighted by atomic mass is 10.1. The number of carbonyl (C=O) groups is 1. The fraction of sp³-hybridized carbons (Fsp3) is 0.500. The lowest BCUT2D eigenvalue weighted by molar-refractivity contribution is -0.384. The van der Waals surface area contributed by atoms with Gasteiger partial charge in [-0.3, -0.25) is 14.9 Å². The molecule has 7 heteroatoms. The summed E-state index contributed by atoms with van der Waals surface area (Å²) in [5, 5.41) is 10.9. The number of thiol groups is 1. The molecule has 0 radical (unpaired) electrons. The Morgan fingerprint density at radius 2 is 2.05 bits per heavy atom. The van der Waals surface area contributed by atoms with Crippen molar-refractivity contribution in [1.82, 2.24) is 0 Å². The van der Waals surface area contributed by atoms with Crippen LogP contribution in [0.2, 0.25) is 0 Å². The molecule has 1 aliphatic heterocycles. The molecule has 114 valence electrons. The van der Waals surface area contributed by atoms with Crippen LogP contribution in [0.5, 0.6) is 5.75 Å². The monoisotopic (exact) mass is 310 g/mol. The SMILES string of the molecule is O=C1COc2ccc([N+](=O)[O-])cc2N1CCCCCCS. The molecule has 6 nitrogen and oxygen atoms in total. The van der Waals surface area contributed by atoms with Gasteiger partial charge in [-0.1, -0.05) is 12.8 Å². The standard InChI is InChI=1S/C14H18N2O4S/c17-14-10-20-13-6-5-11(16(18)19)9-12(13)15(14)7-3-1-2-4-8-21/h5-6,9,21H,1-4,7-8,10H2. The molecule has 0 saturated heterocycles. The minimum absolute atomic E-state index is 0.0124. The molecule has 1 aliphatic rings. The number of non-ortho nitro benzene ring substituents is 1. The number of nitro groups is 1. The third-order valence-electron chi connectivity index (χ3n) is 3.39. The molecule has 2 rings (SSSR count). The molecule has 1 amide bonds. The summed E-state index contributed by atoms with van der Waals surface area (Å²) in [6, 6.07) is 4.34. The zero-order chi connectivity index (χ0) is 15.2. The minimum Gasteiger partial charge on any atom is -0.482 e. The first kappa shape index (κ1) is 15.6. The Hall–Kier alpha value is -1.76. The van der Waals surface area contributed by atoms with Crippen LogP contribution < -0.4 is 9.64 Å². The zero-order valence-electron chi connectivity index (χ0n) is 11.7. The second-order valence-corrected chi connectivity index (χ2v) is 5.33. The first-order valence-corrected chi connectivity index (χ1v) is 7.59. The van der Waals surface area contributed by atoms with Gasteiger partial charge in [0.2, 0.25) is 0 Å². The number of nitro benzene ring substituents is 1. The number of ether oxygens (including phenoxy) is 1. The molecule has 0 spiro atoms. The highest BCUT2D eigenvalue weighted by molar-refractivity contribution is 7.80. The molecule has 0 aromatic heterocycles. The van der Waals surface area contributed by atoms with Crippen molar-refractivity contribution in [3.8, 4) is 5.75 Å². The number of anilines is 1. The fourth-order valence-electron chi connectivity index (χ4n) is 2.28. The Bertz CT molecular complexity index is 536. The van der Waals surface area contributed by atoms with E-state index in [1.807, 2.05) is 0 Å². The van der Waals surface area contributed by atoms with Crippen LogP contribution >= 0.6 is 12.6 Å². The first-order chi connectivity index (χ1) is 10.1. The summed E-state index contributed by atoms with van der Waals surface area (Å²) < 4.78 is 5.32. The second-order valence-electron chi connectivity index (χ2n) is 4.88. The molecule has 0 fully saturated rings. The molecule has 1 heterocycles. The maximum absolute atomic E-state index is 12.0. The van der Waals surface area contributed by atoms with Gasteiger partial charge in [-0.2, -0.15) is 12.6 Å². The number of hydrogen-bond donors (Lipinski definition) is 1. The number of amides is 1. The van der Waals surface area contributed by atoms with Crippen molar-refractivity contribution in [1.29, 1.82) is 0 Å². The van der Waals surface area contributed by atoms with Crippen LogP contribution in [0.25, 0.3) is 0 Å². The smallest absolute Gasteiger partial charge is 0.271 e. The normalized spacial score (nSPS) is 13.8. The van der Waals surface area contributed by atoms with Gasteiger partial charge in [-0.25, -0.2) is 0 Å². The Labute approximate surface area is 128 Å². The number of rotatable bonds is 7. The van der Waals surface area contributed by atoms with Crippen molar-refractivity contribution >= 4 is 29.9 Å². The number of fused-ring (bicyclic) bond motifs is 1. The van der Waals surface area contributed by atoms with Crippen LogP contribution in [0.3, 0.4) is 0 Å². The van der Waals surface area contributed by atoms with Crippen LogP contribution in [-0.2, 0) is 4.79 Å². The Kier molecular flexibility index (Phi) is 5.44. The van der Waals surface area contributed by atoms with Gasteiger partial charge >= 0.3 is 0 Å². The van der Waals surface area contributed by atoms with Gasteiger partial charge in [-0.05, 0) is 24.7 Å². The van der Waals surface area contributed by atoms with Crippen LogP contribution in [0.15, 0.2) is 18.2 Å². The molecule has 0 N–H and O–H groups in total. The second kappa shape index (κ2) is 7.31. The van der Waals surface area contributed by atoms with Crippen molar-refractivity contribution in [2.45, 2.75) is 25.7 Å². The third-order valence-corrected chi connectivity index (χ3v) is 3.70. The summed E-state index contributed by atoms with van der Waals surface area (Å²) in [5.74, 6) is 1.23. The largest absolute Gasteiger partial charge is 0.482 e. The van der Waals surface area contributed by atoms with E-state index in [-0.39, 0.29) is 18.2 Å². The molecule has 1 aromatic carbocycles. The summed E-state index contributed by atoms with van der Waals surface area (Å²) in [7, 11) is 0.